The Morgan fingerprint density at radius 2 is 2.11 bits per heavy atom. The summed E-state index contributed by atoms with van der Waals surface area (Å²) in [6.45, 7) is 3.60. The molecule has 3 heterocycles. The van der Waals surface area contributed by atoms with Crippen LogP contribution in [0.3, 0.4) is 0 Å². The van der Waals surface area contributed by atoms with E-state index in [1.54, 1.807) is 42.4 Å². The van der Waals surface area contributed by atoms with Gasteiger partial charge in [0.05, 0.1) is 0 Å². The molecule has 3 aromatic rings. The highest BCUT2D eigenvalue weighted by molar-refractivity contribution is 5.97. The van der Waals surface area contributed by atoms with Crippen LogP contribution in [0.5, 0.6) is 0 Å². The average Bonchev–Trinajstić information content (AvgIpc) is 3.22. The zero-order valence-electron chi connectivity index (χ0n) is 15.6. The number of rotatable bonds is 3. The minimum atomic E-state index is -0.818. The molecule has 0 saturated carbocycles. The third-order valence-electron chi connectivity index (χ3n) is 5.09. The Kier molecular flexibility index (Phi) is 4.54. The molecule has 1 aliphatic heterocycles. The number of hydrogen-bond acceptors (Lipinski definition) is 4. The molecule has 0 spiro atoms. The van der Waals surface area contributed by atoms with Crippen LogP contribution >= 0.6 is 0 Å². The van der Waals surface area contributed by atoms with Crippen molar-refractivity contribution in [3.05, 3.63) is 70.5 Å². The first-order valence-electron chi connectivity index (χ1n) is 9.17. The second-order valence-electron chi connectivity index (χ2n) is 6.97. The highest BCUT2D eigenvalue weighted by Crippen LogP contribution is 2.32. The van der Waals surface area contributed by atoms with Crippen LogP contribution in [0, 0.1) is 5.82 Å². The van der Waals surface area contributed by atoms with E-state index in [1.165, 1.54) is 27.6 Å². The smallest absolute Gasteiger partial charge is 0.267 e. The summed E-state index contributed by atoms with van der Waals surface area (Å²) in [6, 6.07) is 8.25. The van der Waals surface area contributed by atoms with Gasteiger partial charge in [-0.1, -0.05) is 0 Å². The van der Waals surface area contributed by atoms with Crippen molar-refractivity contribution in [1.29, 1.82) is 0 Å². The van der Waals surface area contributed by atoms with Crippen molar-refractivity contribution in [2.45, 2.75) is 38.8 Å². The molecule has 2 unspecified atom stereocenters. The first-order valence-corrected chi connectivity index (χ1v) is 9.17. The largest absolute Gasteiger partial charge is 0.308 e. The Morgan fingerprint density at radius 3 is 2.86 bits per heavy atom. The van der Waals surface area contributed by atoms with Crippen LogP contribution in [-0.4, -0.2) is 31.5 Å². The van der Waals surface area contributed by atoms with Gasteiger partial charge in [-0.05, 0) is 62.6 Å². The Labute approximate surface area is 161 Å². The average molecular weight is 381 g/mol. The van der Waals surface area contributed by atoms with Crippen LogP contribution in [0.1, 0.15) is 31.9 Å². The molecule has 0 radical (unpaired) electrons. The first kappa shape index (κ1) is 18.1. The minimum Gasteiger partial charge on any atom is -0.308 e. The third-order valence-corrected chi connectivity index (χ3v) is 5.09. The van der Waals surface area contributed by atoms with Crippen LogP contribution in [-0.2, 0) is 11.2 Å². The second-order valence-corrected chi connectivity index (χ2v) is 6.97. The molecule has 0 saturated heterocycles. The summed E-state index contributed by atoms with van der Waals surface area (Å²) in [4.78, 5) is 27.4. The van der Waals surface area contributed by atoms with Crippen molar-refractivity contribution < 1.29 is 9.18 Å². The topological polar surface area (TPSA) is 73.0 Å². The molecule has 2 aromatic heterocycles. The van der Waals surface area contributed by atoms with Gasteiger partial charge in [0.25, 0.3) is 11.5 Å². The minimum absolute atomic E-state index is 0.0575. The van der Waals surface area contributed by atoms with E-state index in [4.69, 9.17) is 0 Å². The lowest BCUT2D eigenvalue weighted by Gasteiger charge is -2.36. The van der Waals surface area contributed by atoms with Crippen molar-refractivity contribution in [2.24, 2.45) is 0 Å². The maximum atomic E-state index is 13.6. The SMILES string of the molecule is CC1CCc2cc(F)ccc2N1C(=O)C(C)n1nc(-n2cccn2)ccc1=O. The molecule has 0 aliphatic carbocycles. The highest BCUT2D eigenvalue weighted by Gasteiger charge is 2.32. The van der Waals surface area contributed by atoms with Gasteiger partial charge in [-0.3, -0.25) is 9.59 Å². The van der Waals surface area contributed by atoms with Crippen LogP contribution in [0.15, 0.2) is 53.6 Å². The summed E-state index contributed by atoms with van der Waals surface area (Å²) in [5, 5.41) is 8.43. The molecule has 0 N–H and O–H groups in total. The quantitative estimate of drug-likeness (QED) is 0.699. The molecule has 0 bridgehead atoms. The molecule has 28 heavy (non-hydrogen) atoms. The Bertz CT molecular complexity index is 1080. The maximum Gasteiger partial charge on any atom is 0.267 e. The number of aromatic nitrogens is 4. The van der Waals surface area contributed by atoms with Gasteiger partial charge in [0.1, 0.15) is 11.9 Å². The van der Waals surface area contributed by atoms with Crippen molar-refractivity contribution in [3.63, 3.8) is 0 Å². The summed E-state index contributed by atoms with van der Waals surface area (Å²) in [5.41, 5.74) is 1.11. The van der Waals surface area contributed by atoms with E-state index < -0.39 is 6.04 Å². The Hall–Kier alpha value is -3.29. The van der Waals surface area contributed by atoms with E-state index >= 15 is 0 Å². The number of aryl methyl sites for hydroxylation is 1. The molecule has 1 aliphatic rings. The lowest BCUT2D eigenvalue weighted by Crippen LogP contribution is -2.47. The molecular formula is C20H20FN5O2. The van der Waals surface area contributed by atoms with E-state index in [0.717, 1.165) is 12.0 Å². The Morgan fingerprint density at radius 1 is 1.29 bits per heavy atom. The standard InChI is InChI=1S/C20H20FN5O2/c1-13-4-5-15-12-16(21)6-7-17(15)25(13)20(28)14(2)26-19(27)9-8-18(23-26)24-11-3-10-22-24/h3,6-14H,4-5H2,1-2H3. The number of carbonyl (C=O) groups excluding carboxylic acids is 1. The fraction of sp³-hybridized carbons (Fsp3) is 0.300. The molecule has 144 valence electrons. The number of nitrogens with zero attached hydrogens (tertiary/aromatic N) is 5. The summed E-state index contributed by atoms with van der Waals surface area (Å²) < 4.78 is 16.3. The number of amides is 1. The molecule has 2 atom stereocenters. The van der Waals surface area contributed by atoms with Gasteiger partial charge in [-0.25, -0.2) is 13.8 Å². The summed E-state index contributed by atoms with van der Waals surface area (Å²) in [7, 11) is 0. The van der Waals surface area contributed by atoms with Gasteiger partial charge >= 0.3 is 0 Å². The second kappa shape index (κ2) is 7.03. The third kappa shape index (κ3) is 3.11. The number of fused-ring (bicyclic) bond motifs is 1. The monoisotopic (exact) mass is 381 g/mol. The highest BCUT2D eigenvalue weighted by atomic mass is 19.1. The maximum absolute atomic E-state index is 13.6. The van der Waals surface area contributed by atoms with Crippen molar-refractivity contribution in [2.75, 3.05) is 4.90 Å². The molecule has 1 aromatic carbocycles. The van der Waals surface area contributed by atoms with E-state index in [1.807, 2.05) is 6.92 Å². The number of halogens is 1. The predicted octanol–water partition coefficient (Wildman–Crippen LogP) is 2.50. The van der Waals surface area contributed by atoms with Gasteiger partial charge in [-0.2, -0.15) is 5.10 Å². The van der Waals surface area contributed by atoms with Crippen LogP contribution in [0.2, 0.25) is 0 Å². The molecule has 8 heteroatoms. The molecule has 7 nitrogen and oxygen atoms in total. The fourth-order valence-electron chi connectivity index (χ4n) is 3.58. The predicted molar refractivity (Wildman–Crippen MR) is 102 cm³/mol. The number of anilines is 1. The molecule has 1 amide bonds. The number of benzene rings is 1. The van der Waals surface area contributed by atoms with E-state index in [2.05, 4.69) is 10.2 Å². The first-order chi connectivity index (χ1) is 13.5. The molecular weight excluding hydrogens is 361 g/mol. The zero-order valence-corrected chi connectivity index (χ0v) is 15.6. The van der Waals surface area contributed by atoms with Crippen molar-refractivity contribution in [3.8, 4) is 5.82 Å². The van der Waals surface area contributed by atoms with Crippen molar-refractivity contribution in [1.82, 2.24) is 19.6 Å². The Balaban J connectivity index is 1.71. The van der Waals surface area contributed by atoms with Crippen LogP contribution in [0.25, 0.3) is 5.82 Å². The van der Waals surface area contributed by atoms with Crippen LogP contribution < -0.4 is 10.5 Å². The normalized spacial score (nSPS) is 17.2. The van der Waals surface area contributed by atoms with Crippen molar-refractivity contribution >= 4 is 11.6 Å². The summed E-state index contributed by atoms with van der Waals surface area (Å²) in [5.74, 6) is -0.135. The van der Waals surface area contributed by atoms with Gasteiger partial charge < -0.3 is 4.90 Å². The van der Waals surface area contributed by atoms with E-state index in [9.17, 15) is 14.0 Å². The van der Waals surface area contributed by atoms with E-state index in [0.29, 0.717) is 17.9 Å². The number of carbonyl (C=O) groups is 1. The summed E-state index contributed by atoms with van der Waals surface area (Å²) in [6.07, 6.45) is 4.75. The molecule has 4 rings (SSSR count). The van der Waals surface area contributed by atoms with Gasteiger partial charge in [-0.15, -0.1) is 5.10 Å². The van der Waals surface area contributed by atoms with Gasteiger partial charge in [0, 0.05) is 30.2 Å². The van der Waals surface area contributed by atoms with Gasteiger partial charge in [0.2, 0.25) is 0 Å². The lowest BCUT2D eigenvalue weighted by atomic mass is 9.95. The fourth-order valence-corrected chi connectivity index (χ4v) is 3.58. The lowest BCUT2D eigenvalue weighted by molar-refractivity contribution is -0.122. The van der Waals surface area contributed by atoms with Gasteiger partial charge in [0.15, 0.2) is 5.82 Å². The summed E-state index contributed by atoms with van der Waals surface area (Å²) >= 11 is 0. The number of hydrogen-bond donors (Lipinski definition) is 0. The van der Waals surface area contributed by atoms with E-state index in [-0.39, 0.29) is 23.3 Å². The zero-order chi connectivity index (χ0) is 19.8. The van der Waals surface area contributed by atoms with Crippen LogP contribution in [0.4, 0.5) is 10.1 Å². The molecule has 0 fully saturated rings.